The Labute approximate surface area is 114 Å². The molecule has 0 saturated heterocycles. The first-order valence-corrected chi connectivity index (χ1v) is 6.71. The summed E-state index contributed by atoms with van der Waals surface area (Å²) < 4.78 is 5.01. The highest BCUT2D eigenvalue weighted by Crippen LogP contribution is 2.32. The predicted octanol–water partition coefficient (Wildman–Crippen LogP) is 3.95. The van der Waals surface area contributed by atoms with Crippen LogP contribution in [0, 0.1) is 6.92 Å². The van der Waals surface area contributed by atoms with Gasteiger partial charge in [-0.15, -0.1) is 11.3 Å². The van der Waals surface area contributed by atoms with Gasteiger partial charge in [-0.2, -0.15) is 0 Å². The van der Waals surface area contributed by atoms with Crippen LogP contribution in [0.3, 0.4) is 0 Å². The zero-order valence-corrected chi connectivity index (χ0v) is 11.6. The highest BCUT2D eigenvalue weighted by atomic mass is 35.5. The monoisotopic (exact) mass is 281 g/mol. The molecular weight excluding hydrogens is 270 g/mol. The lowest BCUT2D eigenvalue weighted by molar-refractivity contribution is 0.0521. The maximum Gasteiger partial charge on any atom is 0.358 e. The average molecular weight is 282 g/mol. The standard InChI is InChI=1S/C13H12ClNO2S/c1-3-17-13(16)11-12(18-8(2)15-11)9-5-4-6-10(14)7-9/h4-7H,3H2,1-2H3. The molecule has 2 rings (SSSR count). The van der Waals surface area contributed by atoms with E-state index in [0.29, 0.717) is 17.3 Å². The second-order valence-electron chi connectivity index (χ2n) is 3.64. The molecule has 0 N–H and O–H groups in total. The molecule has 94 valence electrons. The minimum atomic E-state index is -0.392. The van der Waals surface area contributed by atoms with Crippen LogP contribution in [0.2, 0.25) is 5.02 Å². The van der Waals surface area contributed by atoms with Gasteiger partial charge in [-0.1, -0.05) is 23.7 Å². The second kappa shape index (κ2) is 5.50. The third kappa shape index (κ3) is 2.71. The summed E-state index contributed by atoms with van der Waals surface area (Å²) in [6.07, 6.45) is 0. The van der Waals surface area contributed by atoms with E-state index in [1.165, 1.54) is 11.3 Å². The van der Waals surface area contributed by atoms with Crippen molar-refractivity contribution in [1.29, 1.82) is 0 Å². The number of nitrogens with zero attached hydrogens (tertiary/aromatic N) is 1. The highest BCUT2D eigenvalue weighted by molar-refractivity contribution is 7.15. The smallest absolute Gasteiger partial charge is 0.358 e. The van der Waals surface area contributed by atoms with Crippen molar-refractivity contribution < 1.29 is 9.53 Å². The molecule has 1 aromatic heterocycles. The Kier molecular flexibility index (Phi) is 3.99. The summed E-state index contributed by atoms with van der Waals surface area (Å²) in [5, 5.41) is 1.46. The van der Waals surface area contributed by atoms with Crippen LogP contribution in [0.5, 0.6) is 0 Å². The van der Waals surface area contributed by atoms with Gasteiger partial charge in [-0.25, -0.2) is 9.78 Å². The predicted molar refractivity (Wildman–Crippen MR) is 73.3 cm³/mol. The summed E-state index contributed by atoms with van der Waals surface area (Å²) >= 11 is 7.42. The van der Waals surface area contributed by atoms with Gasteiger partial charge in [0.15, 0.2) is 5.69 Å². The Morgan fingerprint density at radius 3 is 2.94 bits per heavy atom. The van der Waals surface area contributed by atoms with Crippen LogP contribution in [0.4, 0.5) is 0 Å². The van der Waals surface area contributed by atoms with Gasteiger partial charge in [0.05, 0.1) is 16.5 Å². The first-order valence-electron chi connectivity index (χ1n) is 5.52. The van der Waals surface area contributed by atoms with E-state index in [9.17, 15) is 4.79 Å². The highest BCUT2D eigenvalue weighted by Gasteiger charge is 2.19. The Morgan fingerprint density at radius 2 is 2.28 bits per heavy atom. The minimum Gasteiger partial charge on any atom is -0.461 e. The van der Waals surface area contributed by atoms with E-state index in [4.69, 9.17) is 16.3 Å². The molecule has 1 heterocycles. The van der Waals surface area contributed by atoms with Gasteiger partial charge < -0.3 is 4.74 Å². The summed E-state index contributed by atoms with van der Waals surface area (Å²) in [6, 6.07) is 7.36. The number of halogens is 1. The summed E-state index contributed by atoms with van der Waals surface area (Å²) in [5.74, 6) is -0.392. The third-order valence-electron chi connectivity index (χ3n) is 2.29. The van der Waals surface area contributed by atoms with Gasteiger partial charge >= 0.3 is 5.97 Å². The number of esters is 1. The van der Waals surface area contributed by atoms with Crippen molar-refractivity contribution in [1.82, 2.24) is 4.98 Å². The lowest BCUT2D eigenvalue weighted by Gasteiger charge is -2.02. The number of carbonyl (C=O) groups is 1. The topological polar surface area (TPSA) is 39.2 Å². The largest absolute Gasteiger partial charge is 0.461 e. The number of thiazole rings is 1. The number of rotatable bonds is 3. The quantitative estimate of drug-likeness (QED) is 0.800. The Hall–Kier alpha value is -1.39. The van der Waals surface area contributed by atoms with Gasteiger partial charge in [0.2, 0.25) is 0 Å². The van der Waals surface area contributed by atoms with Gasteiger partial charge in [-0.05, 0) is 31.5 Å². The third-order valence-corrected chi connectivity index (χ3v) is 3.54. The van der Waals surface area contributed by atoms with Crippen molar-refractivity contribution in [3.8, 4) is 10.4 Å². The van der Waals surface area contributed by atoms with Crippen LogP contribution in [-0.4, -0.2) is 17.6 Å². The zero-order valence-electron chi connectivity index (χ0n) is 10.1. The van der Waals surface area contributed by atoms with Crippen LogP contribution >= 0.6 is 22.9 Å². The fourth-order valence-electron chi connectivity index (χ4n) is 1.59. The first kappa shape index (κ1) is 13.1. The van der Waals surface area contributed by atoms with Crippen molar-refractivity contribution in [2.75, 3.05) is 6.61 Å². The summed E-state index contributed by atoms with van der Waals surface area (Å²) in [5.41, 5.74) is 1.25. The molecular formula is C13H12ClNO2S. The molecule has 0 aliphatic heterocycles. The maximum atomic E-state index is 11.8. The van der Waals surface area contributed by atoms with E-state index in [1.54, 1.807) is 13.0 Å². The lowest BCUT2D eigenvalue weighted by atomic mass is 10.1. The van der Waals surface area contributed by atoms with Crippen molar-refractivity contribution in [3.63, 3.8) is 0 Å². The number of hydrogen-bond donors (Lipinski definition) is 0. The molecule has 0 amide bonds. The maximum absolute atomic E-state index is 11.8. The van der Waals surface area contributed by atoms with E-state index in [1.807, 2.05) is 25.1 Å². The molecule has 0 radical (unpaired) electrons. The molecule has 0 aliphatic rings. The van der Waals surface area contributed by atoms with E-state index < -0.39 is 5.97 Å². The van der Waals surface area contributed by atoms with Crippen molar-refractivity contribution in [2.45, 2.75) is 13.8 Å². The molecule has 3 nitrogen and oxygen atoms in total. The lowest BCUT2D eigenvalue weighted by Crippen LogP contribution is -2.06. The molecule has 0 aliphatic carbocycles. The fourth-order valence-corrected chi connectivity index (χ4v) is 2.68. The molecule has 0 fully saturated rings. The van der Waals surface area contributed by atoms with Crippen LogP contribution < -0.4 is 0 Å². The van der Waals surface area contributed by atoms with E-state index >= 15 is 0 Å². The fraction of sp³-hybridized carbons (Fsp3) is 0.231. The van der Waals surface area contributed by atoms with E-state index in [-0.39, 0.29) is 0 Å². The van der Waals surface area contributed by atoms with Gasteiger partial charge in [0.1, 0.15) is 0 Å². The van der Waals surface area contributed by atoms with Crippen molar-refractivity contribution in [3.05, 3.63) is 40.0 Å². The number of ether oxygens (including phenoxy) is 1. The Bertz CT molecular complexity index is 580. The number of carbonyl (C=O) groups excluding carboxylic acids is 1. The van der Waals surface area contributed by atoms with Crippen LogP contribution in [0.1, 0.15) is 22.4 Å². The van der Waals surface area contributed by atoms with Crippen molar-refractivity contribution >= 4 is 28.9 Å². The molecule has 0 bridgehead atoms. The number of benzene rings is 1. The van der Waals surface area contributed by atoms with Crippen LogP contribution in [0.15, 0.2) is 24.3 Å². The Balaban J connectivity index is 2.47. The summed E-state index contributed by atoms with van der Waals surface area (Å²) in [6.45, 7) is 3.97. The summed E-state index contributed by atoms with van der Waals surface area (Å²) in [4.78, 5) is 16.9. The average Bonchev–Trinajstić information content (AvgIpc) is 2.72. The Morgan fingerprint density at radius 1 is 1.50 bits per heavy atom. The molecule has 0 spiro atoms. The molecule has 1 aromatic carbocycles. The summed E-state index contributed by atoms with van der Waals surface area (Å²) in [7, 11) is 0. The second-order valence-corrected chi connectivity index (χ2v) is 5.28. The molecule has 2 aromatic rings. The SMILES string of the molecule is CCOC(=O)c1nc(C)sc1-c1cccc(Cl)c1. The molecule has 0 unspecified atom stereocenters. The van der Waals surface area contributed by atoms with Gasteiger partial charge in [0.25, 0.3) is 0 Å². The number of aromatic nitrogens is 1. The van der Waals surface area contributed by atoms with Gasteiger partial charge in [0, 0.05) is 5.02 Å². The number of aryl methyl sites for hydroxylation is 1. The molecule has 5 heteroatoms. The van der Waals surface area contributed by atoms with Crippen molar-refractivity contribution in [2.24, 2.45) is 0 Å². The number of hydrogen-bond acceptors (Lipinski definition) is 4. The van der Waals surface area contributed by atoms with E-state index in [0.717, 1.165) is 15.4 Å². The first-order chi connectivity index (χ1) is 8.61. The van der Waals surface area contributed by atoms with Gasteiger partial charge in [-0.3, -0.25) is 0 Å². The minimum absolute atomic E-state index is 0.338. The normalized spacial score (nSPS) is 10.4. The van der Waals surface area contributed by atoms with Crippen LogP contribution in [0.25, 0.3) is 10.4 Å². The van der Waals surface area contributed by atoms with Crippen LogP contribution in [-0.2, 0) is 4.74 Å². The molecule has 0 saturated carbocycles. The molecule has 0 atom stereocenters. The van der Waals surface area contributed by atoms with E-state index in [2.05, 4.69) is 4.98 Å². The molecule has 18 heavy (non-hydrogen) atoms. The zero-order chi connectivity index (χ0) is 13.1.